The monoisotopic (exact) mass is 542 g/mol. The lowest BCUT2D eigenvalue weighted by molar-refractivity contribution is 0.174. The average Bonchev–Trinajstić information content (AvgIpc) is 3.53. The number of thioether (sulfide) groups is 1. The molecule has 0 saturated heterocycles. The highest BCUT2D eigenvalue weighted by atomic mass is 35.5. The molecular weight excluding hydrogens is 528 g/mol. The van der Waals surface area contributed by atoms with E-state index in [0.717, 1.165) is 11.1 Å². The second kappa shape index (κ2) is 9.75. The van der Waals surface area contributed by atoms with Crippen molar-refractivity contribution in [2.75, 3.05) is 6.79 Å². The molecule has 12 heteroatoms. The zero-order valence-corrected chi connectivity index (χ0v) is 21.0. The third kappa shape index (κ3) is 4.92. The molecule has 4 aromatic rings. The molecule has 1 aromatic heterocycles. The van der Waals surface area contributed by atoms with Crippen molar-refractivity contribution in [1.82, 2.24) is 14.9 Å². The van der Waals surface area contributed by atoms with Crippen molar-refractivity contribution in [3.8, 4) is 38.8 Å². The van der Waals surface area contributed by atoms with Crippen molar-refractivity contribution in [3.05, 3.63) is 71.2 Å². The minimum absolute atomic E-state index is 0.0688. The van der Waals surface area contributed by atoms with Gasteiger partial charge >= 0.3 is 0 Å². The number of nitrogens with one attached hydrogen (secondary N) is 1. The molecule has 0 saturated carbocycles. The molecular formula is C23H15ClN4O4S3. The first-order valence-corrected chi connectivity index (χ1v) is 13.8. The summed E-state index contributed by atoms with van der Waals surface area (Å²) in [5.74, 6) is 1.75. The van der Waals surface area contributed by atoms with Gasteiger partial charge in [0.05, 0.1) is 5.02 Å². The number of rotatable bonds is 7. The molecule has 0 radical (unpaired) electrons. The van der Waals surface area contributed by atoms with Crippen molar-refractivity contribution in [1.29, 1.82) is 5.26 Å². The molecule has 1 aliphatic rings. The van der Waals surface area contributed by atoms with Crippen LogP contribution in [-0.4, -0.2) is 25.4 Å². The summed E-state index contributed by atoms with van der Waals surface area (Å²) >= 11 is 9.16. The van der Waals surface area contributed by atoms with Gasteiger partial charge in [0.1, 0.15) is 14.9 Å². The SMILES string of the molecule is N#CNS(=O)(=O)c1cc(-c2nnc(-c3ccccc3)s2)c(Cl)cc1SCc1ccc2c(c1)OCO2. The van der Waals surface area contributed by atoms with Gasteiger partial charge in [-0.3, -0.25) is 0 Å². The summed E-state index contributed by atoms with van der Waals surface area (Å²) in [4.78, 5) is 0.326. The van der Waals surface area contributed by atoms with Gasteiger partial charge < -0.3 is 9.47 Å². The number of fused-ring (bicyclic) bond motifs is 1. The van der Waals surface area contributed by atoms with E-state index in [0.29, 0.717) is 42.7 Å². The topological polar surface area (TPSA) is 114 Å². The standard InChI is InChI=1S/C23H15ClN4O4S3/c24-17-10-20(33-11-14-6-7-18-19(8-14)32-13-31-18)21(35(29,30)26-12-25)9-16(17)23-28-27-22(34-23)15-4-2-1-3-5-15/h1-10,26H,11,13H2. The summed E-state index contributed by atoms with van der Waals surface area (Å²) < 4.78 is 38.4. The fourth-order valence-electron chi connectivity index (χ4n) is 3.36. The van der Waals surface area contributed by atoms with Crippen LogP contribution in [-0.2, 0) is 15.8 Å². The Morgan fingerprint density at radius 3 is 2.63 bits per heavy atom. The van der Waals surface area contributed by atoms with Gasteiger partial charge in [-0.15, -0.1) is 22.0 Å². The van der Waals surface area contributed by atoms with E-state index in [-0.39, 0.29) is 11.7 Å². The van der Waals surface area contributed by atoms with Crippen LogP contribution >= 0.6 is 34.7 Å². The zero-order valence-electron chi connectivity index (χ0n) is 17.8. The Labute approximate surface area is 214 Å². The van der Waals surface area contributed by atoms with E-state index in [2.05, 4.69) is 10.2 Å². The van der Waals surface area contributed by atoms with E-state index in [1.807, 2.05) is 53.3 Å². The van der Waals surface area contributed by atoms with Crippen LogP contribution in [0.2, 0.25) is 5.02 Å². The van der Waals surface area contributed by atoms with Crippen LogP contribution < -0.4 is 14.2 Å². The summed E-state index contributed by atoms with van der Waals surface area (Å²) in [7, 11) is -4.13. The molecule has 35 heavy (non-hydrogen) atoms. The number of sulfonamides is 1. The average molecular weight is 543 g/mol. The normalized spacial score (nSPS) is 12.3. The minimum Gasteiger partial charge on any atom is -0.454 e. The Morgan fingerprint density at radius 2 is 1.83 bits per heavy atom. The number of nitrogens with zero attached hydrogens (tertiary/aromatic N) is 3. The molecule has 0 aliphatic carbocycles. The van der Waals surface area contributed by atoms with Crippen molar-refractivity contribution < 1.29 is 17.9 Å². The zero-order chi connectivity index (χ0) is 24.4. The van der Waals surface area contributed by atoms with Gasteiger partial charge in [0.25, 0.3) is 10.0 Å². The highest BCUT2D eigenvalue weighted by molar-refractivity contribution is 7.99. The Morgan fingerprint density at radius 1 is 1.06 bits per heavy atom. The fourth-order valence-corrected chi connectivity index (χ4v) is 6.85. The molecule has 1 aliphatic heterocycles. The van der Waals surface area contributed by atoms with E-state index < -0.39 is 10.0 Å². The van der Waals surface area contributed by atoms with Crippen molar-refractivity contribution in [2.24, 2.45) is 0 Å². The van der Waals surface area contributed by atoms with Gasteiger partial charge in [-0.05, 0) is 29.8 Å². The van der Waals surface area contributed by atoms with Gasteiger partial charge in [-0.1, -0.05) is 59.3 Å². The van der Waals surface area contributed by atoms with Gasteiger partial charge in [0.15, 0.2) is 17.7 Å². The largest absolute Gasteiger partial charge is 0.454 e. The molecule has 0 spiro atoms. The van der Waals surface area contributed by atoms with E-state index in [9.17, 15) is 8.42 Å². The number of nitriles is 1. The molecule has 0 unspecified atom stereocenters. The maximum atomic E-state index is 12.9. The van der Waals surface area contributed by atoms with Crippen LogP contribution in [0.5, 0.6) is 11.5 Å². The van der Waals surface area contributed by atoms with Crippen molar-refractivity contribution in [3.63, 3.8) is 0 Å². The molecule has 3 aromatic carbocycles. The van der Waals surface area contributed by atoms with Gasteiger partial charge in [-0.2, -0.15) is 5.26 Å². The van der Waals surface area contributed by atoms with Crippen LogP contribution in [0.15, 0.2) is 70.5 Å². The smallest absolute Gasteiger partial charge is 0.271 e. The van der Waals surface area contributed by atoms with Gasteiger partial charge in [0.2, 0.25) is 6.79 Å². The van der Waals surface area contributed by atoms with Gasteiger partial charge in [0, 0.05) is 21.8 Å². The molecule has 5 rings (SSSR count). The molecule has 1 N–H and O–H groups in total. The number of aromatic nitrogens is 2. The first-order valence-electron chi connectivity index (χ1n) is 10.1. The quantitative estimate of drug-likeness (QED) is 0.190. The Hall–Kier alpha value is -3.30. The molecule has 0 amide bonds. The van der Waals surface area contributed by atoms with Crippen LogP contribution in [0.3, 0.4) is 0 Å². The van der Waals surface area contributed by atoms with E-state index >= 15 is 0 Å². The number of hydrogen-bond acceptors (Lipinski definition) is 9. The van der Waals surface area contributed by atoms with Crippen molar-refractivity contribution >= 4 is 44.7 Å². The predicted molar refractivity (Wildman–Crippen MR) is 134 cm³/mol. The fraction of sp³-hybridized carbons (Fsp3) is 0.0870. The van der Waals surface area contributed by atoms with Crippen LogP contribution in [0.25, 0.3) is 21.1 Å². The first kappa shape index (κ1) is 23.4. The second-order valence-corrected chi connectivity index (χ2v) is 11.3. The molecule has 2 heterocycles. The number of halogens is 1. The number of ether oxygens (including phenoxy) is 2. The lowest BCUT2D eigenvalue weighted by Crippen LogP contribution is -2.19. The predicted octanol–water partition coefficient (Wildman–Crippen LogP) is 5.31. The summed E-state index contributed by atoms with van der Waals surface area (Å²) in [6, 6.07) is 18.1. The first-order chi connectivity index (χ1) is 16.9. The number of benzene rings is 3. The van der Waals surface area contributed by atoms with E-state index in [1.165, 1.54) is 35.4 Å². The summed E-state index contributed by atoms with van der Waals surface area (Å²) in [6.07, 6.45) is 1.50. The van der Waals surface area contributed by atoms with Crippen LogP contribution in [0, 0.1) is 11.5 Å². The lowest BCUT2D eigenvalue weighted by Gasteiger charge is -2.12. The van der Waals surface area contributed by atoms with Crippen LogP contribution in [0.1, 0.15) is 5.56 Å². The molecule has 8 nitrogen and oxygen atoms in total. The van der Waals surface area contributed by atoms with Gasteiger partial charge in [-0.25, -0.2) is 13.1 Å². The minimum atomic E-state index is -4.13. The van der Waals surface area contributed by atoms with Crippen LogP contribution in [0.4, 0.5) is 0 Å². The maximum Gasteiger partial charge on any atom is 0.271 e. The maximum absolute atomic E-state index is 12.9. The summed E-state index contributed by atoms with van der Waals surface area (Å²) in [6.45, 7) is 0.169. The number of hydrogen-bond donors (Lipinski definition) is 1. The molecule has 0 atom stereocenters. The van der Waals surface area contributed by atoms with Crippen molar-refractivity contribution in [2.45, 2.75) is 15.5 Å². The highest BCUT2D eigenvalue weighted by Crippen LogP contribution is 2.41. The Bertz CT molecular complexity index is 1550. The molecule has 0 fully saturated rings. The third-order valence-electron chi connectivity index (χ3n) is 5.01. The Balaban J connectivity index is 1.50. The summed E-state index contributed by atoms with van der Waals surface area (Å²) in [5, 5.41) is 18.9. The highest BCUT2D eigenvalue weighted by Gasteiger charge is 2.24. The van der Waals surface area contributed by atoms with E-state index in [1.54, 1.807) is 6.07 Å². The summed E-state index contributed by atoms with van der Waals surface area (Å²) in [5.41, 5.74) is 2.21. The molecule has 0 bridgehead atoms. The Kier molecular flexibility index (Phi) is 6.53. The lowest BCUT2D eigenvalue weighted by atomic mass is 10.2. The third-order valence-corrected chi connectivity index (χ3v) is 8.86. The second-order valence-electron chi connectivity index (χ2n) is 7.25. The van der Waals surface area contributed by atoms with E-state index in [4.69, 9.17) is 26.3 Å². The molecule has 176 valence electrons.